The van der Waals surface area contributed by atoms with Crippen LogP contribution in [0.4, 0.5) is 0 Å². The van der Waals surface area contributed by atoms with E-state index in [4.69, 9.17) is 4.74 Å². The highest BCUT2D eigenvalue weighted by Gasteiger charge is 2.16. The van der Waals surface area contributed by atoms with Gasteiger partial charge in [-0.05, 0) is 17.7 Å². The summed E-state index contributed by atoms with van der Waals surface area (Å²) < 4.78 is 33.3. The van der Waals surface area contributed by atoms with Gasteiger partial charge in [-0.3, -0.25) is 4.98 Å². The van der Waals surface area contributed by atoms with Crippen molar-refractivity contribution in [3.8, 4) is 0 Å². The number of hydrogen-bond donors (Lipinski definition) is 2. The summed E-state index contributed by atoms with van der Waals surface area (Å²) in [5, 5.41) is 4.64. The third-order valence-electron chi connectivity index (χ3n) is 4.06. The largest absolute Gasteiger partial charge is 0.375 e. The molecule has 0 fully saturated rings. The number of nitrogens with zero attached hydrogens (tertiary/aromatic N) is 1. The van der Waals surface area contributed by atoms with Gasteiger partial charge in [0.2, 0.25) is 10.0 Å². The molecule has 0 amide bonds. The smallest absolute Gasteiger partial charge is 0.241 e. The van der Waals surface area contributed by atoms with Crippen molar-refractivity contribution in [1.29, 1.82) is 0 Å². The summed E-state index contributed by atoms with van der Waals surface area (Å²) in [7, 11) is -3.57. The molecule has 0 aliphatic rings. The molecule has 1 heterocycles. The maximum absolute atomic E-state index is 12.6. The molecule has 0 bridgehead atoms. The minimum Gasteiger partial charge on any atom is -0.375 e. The van der Waals surface area contributed by atoms with Gasteiger partial charge in [-0.1, -0.05) is 42.5 Å². The minimum absolute atomic E-state index is 0.272. The summed E-state index contributed by atoms with van der Waals surface area (Å²) >= 11 is 0. The maximum atomic E-state index is 12.6. The Morgan fingerprint density at radius 1 is 0.926 bits per heavy atom. The molecule has 0 radical (unpaired) electrons. The summed E-state index contributed by atoms with van der Waals surface area (Å²) in [6.45, 7) is 2.64. The number of hydrogen-bond acceptors (Lipinski definition) is 5. The lowest BCUT2D eigenvalue weighted by Gasteiger charge is -2.10. The number of sulfonamides is 1. The second-order valence-corrected chi connectivity index (χ2v) is 7.77. The highest BCUT2D eigenvalue weighted by atomic mass is 32.2. The van der Waals surface area contributed by atoms with E-state index >= 15 is 0 Å². The van der Waals surface area contributed by atoms with E-state index in [1.807, 2.05) is 36.4 Å². The first-order valence-corrected chi connectivity index (χ1v) is 10.3. The monoisotopic (exact) mass is 385 g/mol. The van der Waals surface area contributed by atoms with Crippen molar-refractivity contribution in [2.75, 3.05) is 26.2 Å². The fourth-order valence-corrected chi connectivity index (χ4v) is 3.97. The van der Waals surface area contributed by atoms with E-state index in [1.54, 1.807) is 30.6 Å². The Balaban J connectivity index is 1.39. The Morgan fingerprint density at radius 2 is 1.78 bits per heavy atom. The van der Waals surface area contributed by atoms with E-state index in [0.29, 0.717) is 38.2 Å². The van der Waals surface area contributed by atoms with Crippen LogP contribution in [0.5, 0.6) is 0 Å². The van der Waals surface area contributed by atoms with Crippen LogP contribution in [0.25, 0.3) is 10.8 Å². The van der Waals surface area contributed by atoms with Gasteiger partial charge in [0, 0.05) is 42.8 Å². The van der Waals surface area contributed by atoms with Crippen LogP contribution in [0.1, 0.15) is 5.56 Å². The fraction of sp³-hybridized carbons (Fsp3) is 0.250. The Kier molecular flexibility index (Phi) is 6.89. The molecule has 27 heavy (non-hydrogen) atoms. The first-order chi connectivity index (χ1) is 13.2. The zero-order valence-corrected chi connectivity index (χ0v) is 15.8. The maximum Gasteiger partial charge on any atom is 0.241 e. The quantitative estimate of drug-likeness (QED) is 0.524. The number of benzene rings is 2. The zero-order chi connectivity index (χ0) is 19.0. The number of rotatable bonds is 10. The average Bonchev–Trinajstić information content (AvgIpc) is 2.70. The van der Waals surface area contributed by atoms with Crippen molar-refractivity contribution < 1.29 is 13.2 Å². The van der Waals surface area contributed by atoms with Gasteiger partial charge in [0.1, 0.15) is 0 Å². The van der Waals surface area contributed by atoms with Crippen molar-refractivity contribution in [3.63, 3.8) is 0 Å². The Morgan fingerprint density at radius 3 is 2.63 bits per heavy atom. The summed E-state index contributed by atoms with van der Waals surface area (Å²) in [5.74, 6) is 0. The van der Waals surface area contributed by atoms with Crippen LogP contribution in [-0.2, 0) is 21.4 Å². The molecule has 6 nitrogen and oxygen atoms in total. The lowest BCUT2D eigenvalue weighted by atomic mass is 10.2. The van der Waals surface area contributed by atoms with Gasteiger partial charge in [0.15, 0.2) is 0 Å². The first-order valence-electron chi connectivity index (χ1n) is 8.81. The summed E-state index contributed by atoms with van der Waals surface area (Å²) in [6.07, 6.45) is 3.25. The third kappa shape index (κ3) is 5.58. The Hall–Kier alpha value is -2.32. The van der Waals surface area contributed by atoms with Crippen LogP contribution in [-0.4, -0.2) is 39.6 Å². The molecular weight excluding hydrogens is 362 g/mol. The standard InChI is InChI=1S/C20H23N3O3S/c24-27(25,20-8-4-7-18-15-22-10-9-19(18)20)23-12-11-21-13-14-26-16-17-5-2-1-3-6-17/h1-10,15,21,23H,11-14,16H2. The highest BCUT2D eigenvalue weighted by molar-refractivity contribution is 7.89. The molecule has 0 spiro atoms. The van der Waals surface area contributed by atoms with Crippen molar-refractivity contribution in [1.82, 2.24) is 15.0 Å². The van der Waals surface area contributed by atoms with E-state index in [2.05, 4.69) is 15.0 Å². The summed E-state index contributed by atoms with van der Waals surface area (Å²) in [6, 6.07) is 16.9. The SMILES string of the molecule is O=S(=O)(NCCNCCOCc1ccccc1)c1cccc2cnccc12. The van der Waals surface area contributed by atoms with Crippen LogP contribution in [0.2, 0.25) is 0 Å². The van der Waals surface area contributed by atoms with Gasteiger partial charge < -0.3 is 10.1 Å². The lowest BCUT2D eigenvalue weighted by molar-refractivity contribution is 0.123. The van der Waals surface area contributed by atoms with Crippen molar-refractivity contribution in [2.24, 2.45) is 0 Å². The fourth-order valence-electron chi connectivity index (χ4n) is 2.71. The molecule has 0 atom stereocenters. The number of ether oxygens (including phenoxy) is 1. The van der Waals surface area contributed by atoms with E-state index in [0.717, 1.165) is 10.9 Å². The van der Waals surface area contributed by atoms with E-state index in [1.165, 1.54) is 0 Å². The average molecular weight is 385 g/mol. The summed E-state index contributed by atoms with van der Waals surface area (Å²) in [5.41, 5.74) is 1.13. The molecule has 3 rings (SSSR count). The zero-order valence-electron chi connectivity index (χ0n) is 15.0. The number of aromatic nitrogens is 1. The Bertz CT molecular complexity index is 957. The van der Waals surface area contributed by atoms with Crippen molar-refractivity contribution >= 4 is 20.8 Å². The second kappa shape index (κ2) is 9.57. The van der Waals surface area contributed by atoms with Crippen LogP contribution in [0, 0.1) is 0 Å². The number of pyridine rings is 1. The predicted octanol–water partition coefficient (Wildman–Crippen LogP) is 2.32. The topological polar surface area (TPSA) is 80.3 Å². The second-order valence-electron chi connectivity index (χ2n) is 6.04. The highest BCUT2D eigenvalue weighted by Crippen LogP contribution is 2.21. The molecule has 3 aromatic rings. The van der Waals surface area contributed by atoms with E-state index in [9.17, 15) is 8.42 Å². The van der Waals surface area contributed by atoms with Gasteiger partial charge in [0.25, 0.3) is 0 Å². The molecule has 0 aliphatic heterocycles. The minimum atomic E-state index is -3.57. The normalized spacial score (nSPS) is 11.7. The van der Waals surface area contributed by atoms with Gasteiger partial charge >= 0.3 is 0 Å². The molecule has 7 heteroatoms. The molecule has 2 N–H and O–H groups in total. The molecular formula is C20H23N3O3S. The predicted molar refractivity (Wildman–Crippen MR) is 106 cm³/mol. The number of fused-ring (bicyclic) bond motifs is 1. The van der Waals surface area contributed by atoms with Crippen LogP contribution in [0.15, 0.2) is 71.9 Å². The van der Waals surface area contributed by atoms with Gasteiger partial charge in [0.05, 0.1) is 18.1 Å². The van der Waals surface area contributed by atoms with Crippen LogP contribution >= 0.6 is 0 Å². The lowest BCUT2D eigenvalue weighted by Crippen LogP contribution is -2.33. The molecule has 2 aromatic carbocycles. The van der Waals surface area contributed by atoms with E-state index < -0.39 is 10.0 Å². The Labute approximate surface area is 159 Å². The van der Waals surface area contributed by atoms with Gasteiger partial charge in [-0.2, -0.15) is 0 Å². The molecule has 0 aliphatic carbocycles. The number of nitrogens with one attached hydrogen (secondary N) is 2. The van der Waals surface area contributed by atoms with Crippen molar-refractivity contribution in [2.45, 2.75) is 11.5 Å². The van der Waals surface area contributed by atoms with Gasteiger partial charge in [-0.25, -0.2) is 13.1 Å². The molecule has 0 saturated carbocycles. The molecule has 0 saturated heterocycles. The van der Waals surface area contributed by atoms with Crippen molar-refractivity contribution in [3.05, 3.63) is 72.6 Å². The van der Waals surface area contributed by atoms with Crippen LogP contribution < -0.4 is 10.0 Å². The molecule has 1 aromatic heterocycles. The van der Waals surface area contributed by atoms with E-state index in [-0.39, 0.29) is 4.90 Å². The molecule has 142 valence electrons. The summed E-state index contributed by atoms with van der Waals surface area (Å²) in [4.78, 5) is 4.30. The van der Waals surface area contributed by atoms with Crippen LogP contribution in [0.3, 0.4) is 0 Å². The molecule has 0 unspecified atom stereocenters. The first kappa shape index (κ1) is 19.4. The van der Waals surface area contributed by atoms with Gasteiger partial charge in [-0.15, -0.1) is 0 Å². The third-order valence-corrected chi connectivity index (χ3v) is 5.58.